The number of hydrogen-bond donors (Lipinski definition) is 3. The number of fused-ring (bicyclic) bond motifs is 1. The molecule has 11 heteroatoms. The lowest BCUT2D eigenvalue weighted by molar-refractivity contribution is 0.101. The molecule has 1 aromatic heterocycles. The van der Waals surface area contributed by atoms with Gasteiger partial charge in [0.2, 0.25) is 10.6 Å². The average Bonchev–Trinajstić information content (AvgIpc) is 2.99. The third-order valence-corrected chi connectivity index (χ3v) is 6.68. The zero-order chi connectivity index (χ0) is 21.5. The van der Waals surface area contributed by atoms with Gasteiger partial charge in [0, 0.05) is 12.7 Å². The summed E-state index contributed by atoms with van der Waals surface area (Å²) >= 11 is -1.59. The zero-order valence-electron chi connectivity index (χ0n) is 16.1. The minimum Gasteiger partial charge on any atom is -0.593 e. The van der Waals surface area contributed by atoms with Gasteiger partial charge in [-0.1, -0.05) is 0 Å². The van der Waals surface area contributed by atoms with Gasteiger partial charge in [-0.3, -0.25) is 4.79 Å². The number of anilines is 1. The van der Waals surface area contributed by atoms with Gasteiger partial charge < -0.3 is 24.5 Å². The van der Waals surface area contributed by atoms with Crippen molar-refractivity contribution < 1.29 is 27.3 Å². The molecule has 2 aliphatic heterocycles. The second-order valence-corrected chi connectivity index (χ2v) is 8.64. The van der Waals surface area contributed by atoms with Crippen LogP contribution in [0.2, 0.25) is 0 Å². The Balaban J connectivity index is 1.61. The molecule has 2 aromatic rings. The molecule has 2 aliphatic rings. The van der Waals surface area contributed by atoms with Crippen LogP contribution in [0.15, 0.2) is 29.3 Å². The topological polar surface area (TPSA) is 90.4 Å². The second-order valence-electron chi connectivity index (χ2n) is 7.46. The Labute approximate surface area is 174 Å². The molecule has 1 aromatic carbocycles. The van der Waals surface area contributed by atoms with Gasteiger partial charge in [0.05, 0.1) is 23.1 Å². The van der Waals surface area contributed by atoms with Crippen LogP contribution in [0.5, 0.6) is 5.75 Å². The zero-order valence-corrected chi connectivity index (χ0v) is 17.0. The van der Waals surface area contributed by atoms with Crippen molar-refractivity contribution >= 4 is 23.0 Å². The number of halogens is 3. The highest BCUT2D eigenvalue weighted by molar-refractivity contribution is 7.89. The average molecular weight is 442 g/mol. The highest BCUT2D eigenvalue weighted by Crippen LogP contribution is 2.36. The van der Waals surface area contributed by atoms with Gasteiger partial charge in [-0.15, -0.1) is 4.72 Å². The van der Waals surface area contributed by atoms with Crippen LogP contribution in [-0.2, 0) is 18.4 Å². The summed E-state index contributed by atoms with van der Waals surface area (Å²) in [5, 5.41) is 5.74. The predicted octanol–water partition coefficient (Wildman–Crippen LogP) is 2.48. The summed E-state index contributed by atoms with van der Waals surface area (Å²) in [6.45, 7) is 1.76. The summed E-state index contributed by atoms with van der Waals surface area (Å²) < 4.78 is 62.9. The van der Waals surface area contributed by atoms with Gasteiger partial charge in [0.1, 0.15) is 18.0 Å². The molecular weight excluding hydrogens is 421 g/mol. The summed E-state index contributed by atoms with van der Waals surface area (Å²) in [5.41, 5.74) is -1.13. The smallest absolute Gasteiger partial charge is 0.276 e. The minimum atomic E-state index is -3.01. The fourth-order valence-corrected chi connectivity index (χ4v) is 5.08. The molecule has 3 N–H and O–H groups in total. The number of rotatable bonds is 3. The largest absolute Gasteiger partial charge is 0.593 e. The number of aromatic nitrogens is 1. The lowest BCUT2D eigenvalue weighted by Gasteiger charge is -2.35. The Kier molecular flexibility index (Phi) is 5.71. The van der Waals surface area contributed by atoms with Crippen LogP contribution in [0.3, 0.4) is 0 Å². The number of nitrogens with one attached hydrogen (secondary N) is 3. The highest BCUT2D eigenvalue weighted by Gasteiger charge is 2.43. The first-order valence-corrected chi connectivity index (χ1v) is 10.6. The van der Waals surface area contributed by atoms with Gasteiger partial charge in [0.25, 0.3) is 12.3 Å². The predicted molar refractivity (Wildman–Crippen MR) is 105 cm³/mol. The molecule has 1 atom stereocenters. The summed E-state index contributed by atoms with van der Waals surface area (Å²) in [6.07, 6.45) is -0.0141. The van der Waals surface area contributed by atoms with Gasteiger partial charge in [-0.25, -0.2) is 13.2 Å². The molecule has 3 heterocycles. The highest BCUT2D eigenvalue weighted by atomic mass is 32.2. The summed E-state index contributed by atoms with van der Waals surface area (Å²) in [4.78, 5) is 13.2. The monoisotopic (exact) mass is 442 g/mol. The van der Waals surface area contributed by atoms with E-state index in [1.807, 2.05) is 0 Å². The molecule has 162 valence electrons. The van der Waals surface area contributed by atoms with E-state index in [4.69, 9.17) is 4.74 Å². The molecule has 1 amide bonds. The molecule has 0 bridgehead atoms. The van der Waals surface area contributed by atoms with E-state index in [2.05, 4.69) is 15.4 Å². The Morgan fingerprint density at radius 3 is 2.80 bits per heavy atom. The number of alkyl halides is 2. The number of hydrogen-bond acceptors (Lipinski definition) is 5. The van der Waals surface area contributed by atoms with Gasteiger partial charge in [-0.2, -0.15) is 0 Å². The third kappa shape index (κ3) is 3.89. The van der Waals surface area contributed by atoms with Crippen molar-refractivity contribution in [2.24, 2.45) is 7.05 Å². The molecule has 30 heavy (non-hydrogen) atoms. The van der Waals surface area contributed by atoms with Crippen LogP contribution in [0.1, 0.15) is 35.3 Å². The van der Waals surface area contributed by atoms with E-state index in [-0.39, 0.29) is 23.7 Å². The molecule has 0 radical (unpaired) electrons. The number of benzene rings is 1. The van der Waals surface area contributed by atoms with Crippen molar-refractivity contribution in [3.05, 3.63) is 41.5 Å². The van der Waals surface area contributed by atoms with Gasteiger partial charge in [-0.05, 0) is 44.1 Å². The van der Waals surface area contributed by atoms with E-state index in [1.54, 1.807) is 13.2 Å². The molecule has 7 nitrogen and oxygen atoms in total. The van der Waals surface area contributed by atoms with Gasteiger partial charge in [0.15, 0.2) is 5.69 Å². The number of carbonyl (C=O) groups is 1. The van der Waals surface area contributed by atoms with E-state index >= 15 is 0 Å². The maximum absolute atomic E-state index is 13.5. The molecule has 0 saturated carbocycles. The summed E-state index contributed by atoms with van der Waals surface area (Å²) in [5.74, 6) is -1.50. The number of amides is 1. The number of piperidine rings is 1. The molecule has 0 aliphatic carbocycles. The van der Waals surface area contributed by atoms with Crippen LogP contribution in [0, 0.1) is 5.82 Å². The van der Waals surface area contributed by atoms with Crippen LogP contribution in [0.25, 0.3) is 0 Å². The van der Waals surface area contributed by atoms with E-state index in [0.29, 0.717) is 4.90 Å². The molecule has 1 saturated heterocycles. The molecule has 1 spiro atoms. The quantitative estimate of drug-likeness (QED) is 0.636. The van der Waals surface area contributed by atoms with Gasteiger partial charge >= 0.3 is 0 Å². The first-order valence-electron chi connectivity index (χ1n) is 9.41. The summed E-state index contributed by atoms with van der Waals surface area (Å²) in [6, 6.07) is 2.97. The van der Waals surface area contributed by atoms with Crippen molar-refractivity contribution in [1.29, 1.82) is 0 Å². The van der Waals surface area contributed by atoms with Crippen molar-refractivity contribution in [3.8, 4) is 5.75 Å². The van der Waals surface area contributed by atoms with Crippen LogP contribution >= 0.6 is 0 Å². The number of ether oxygens (including phenoxy) is 1. The van der Waals surface area contributed by atoms with Crippen molar-refractivity contribution in [3.63, 3.8) is 0 Å². The van der Waals surface area contributed by atoms with E-state index in [0.717, 1.165) is 38.1 Å². The SMILES string of the molecule is Cn1cc2c(c1C(=O)Nc1ccc(F)c(C(F)F)c1)OCC1(CCNCC1)N[S+]2[O-]. The lowest BCUT2D eigenvalue weighted by Crippen LogP contribution is -2.56. The molecule has 4 rings (SSSR count). The Morgan fingerprint density at radius 1 is 1.37 bits per heavy atom. The Bertz CT molecular complexity index is 963. The van der Waals surface area contributed by atoms with Crippen molar-refractivity contribution in [1.82, 2.24) is 14.6 Å². The number of nitrogens with zero attached hydrogens (tertiary/aromatic N) is 1. The first kappa shape index (κ1) is 21.0. The molecular formula is C19H21F3N4O3S. The van der Waals surface area contributed by atoms with Crippen LogP contribution in [0.4, 0.5) is 18.9 Å². The fraction of sp³-hybridized carbons (Fsp3) is 0.421. The first-order chi connectivity index (χ1) is 14.3. The van der Waals surface area contributed by atoms with Crippen LogP contribution < -0.4 is 20.1 Å². The molecule has 1 fully saturated rings. The van der Waals surface area contributed by atoms with E-state index in [1.165, 1.54) is 10.6 Å². The van der Waals surface area contributed by atoms with E-state index in [9.17, 15) is 22.5 Å². The van der Waals surface area contributed by atoms with E-state index < -0.39 is 40.6 Å². The normalized spacial score (nSPS) is 20.5. The van der Waals surface area contributed by atoms with Crippen molar-refractivity contribution in [2.45, 2.75) is 29.7 Å². The lowest BCUT2D eigenvalue weighted by atomic mass is 9.90. The molecule has 1 unspecified atom stereocenters. The number of carbonyl (C=O) groups excluding carboxylic acids is 1. The Hall–Kier alpha value is -2.21. The van der Waals surface area contributed by atoms with Crippen molar-refractivity contribution in [2.75, 3.05) is 25.0 Å². The minimum absolute atomic E-state index is 0.0225. The Morgan fingerprint density at radius 2 is 2.10 bits per heavy atom. The standard InChI is InChI=1S/C19H21F3N4O3S/c1-26-9-14-16(29-10-19(25-30(14)28)4-6-23-7-5-19)15(26)18(27)24-11-2-3-13(20)12(8-11)17(21)22/h2-3,8-9,17,23,25H,4-7,10H2,1H3,(H,24,27). The maximum Gasteiger partial charge on any atom is 0.276 e. The summed E-state index contributed by atoms with van der Waals surface area (Å²) in [7, 11) is 1.60. The maximum atomic E-state index is 13.5. The fourth-order valence-electron chi connectivity index (χ4n) is 3.73. The third-order valence-electron chi connectivity index (χ3n) is 5.37. The second kappa shape index (κ2) is 8.14. The van der Waals surface area contributed by atoms with Crippen LogP contribution in [-0.4, -0.2) is 40.3 Å². The number of aryl methyl sites for hydroxylation is 1.